The molecular weight excluding hydrogens is 324 g/mol. The molecule has 2 aromatic rings. The zero-order valence-corrected chi connectivity index (χ0v) is 12.6. The Balaban J connectivity index is 2.73. The van der Waals surface area contributed by atoms with Crippen LogP contribution in [-0.2, 0) is 6.42 Å². The second-order valence-electron chi connectivity index (χ2n) is 3.85. The fraction of sp³-hybridized carbons (Fsp3) is 0.0714. The molecule has 0 amide bonds. The van der Waals surface area contributed by atoms with Crippen molar-refractivity contribution in [1.82, 2.24) is 0 Å². The minimum Gasteiger partial charge on any atom is -0.198 e. The number of hydrogen-bond donors (Lipinski definition) is 0. The van der Waals surface area contributed by atoms with Crippen molar-refractivity contribution in [3.05, 3.63) is 56.0 Å². The Hall–Kier alpha value is -0.910. The number of benzene rings is 2. The summed E-state index contributed by atoms with van der Waals surface area (Å²) in [6.07, 6.45) is 0.185. The van der Waals surface area contributed by atoms with Gasteiger partial charge in [0, 0.05) is 15.6 Å². The molecule has 0 aliphatic carbocycles. The second kappa shape index (κ2) is 6.03. The maximum absolute atomic E-state index is 8.90. The van der Waals surface area contributed by atoms with Gasteiger partial charge in [-0.2, -0.15) is 5.26 Å². The maximum atomic E-state index is 8.90. The van der Waals surface area contributed by atoms with Crippen molar-refractivity contribution in [3.63, 3.8) is 0 Å². The first-order chi connectivity index (χ1) is 9.04. The van der Waals surface area contributed by atoms with Crippen molar-refractivity contribution < 1.29 is 0 Å². The van der Waals surface area contributed by atoms with E-state index in [0.717, 1.165) is 5.56 Å². The molecule has 2 aromatic carbocycles. The zero-order valence-electron chi connectivity index (χ0n) is 9.55. The van der Waals surface area contributed by atoms with Crippen LogP contribution >= 0.6 is 46.4 Å². The monoisotopic (exact) mass is 329 g/mol. The summed E-state index contributed by atoms with van der Waals surface area (Å²) in [5.74, 6) is 0. The van der Waals surface area contributed by atoms with Gasteiger partial charge in [0.25, 0.3) is 0 Å². The first-order valence-corrected chi connectivity index (χ1v) is 6.85. The van der Waals surface area contributed by atoms with Crippen LogP contribution in [0.25, 0.3) is 11.1 Å². The number of halogens is 4. The molecule has 5 heteroatoms. The Labute approximate surface area is 131 Å². The lowest BCUT2D eigenvalue weighted by molar-refractivity contribution is 1.26. The molecule has 1 nitrogen and oxygen atoms in total. The van der Waals surface area contributed by atoms with Gasteiger partial charge in [-0.25, -0.2) is 0 Å². The normalized spacial score (nSPS) is 10.3. The van der Waals surface area contributed by atoms with E-state index < -0.39 is 0 Å². The summed E-state index contributed by atoms with van der Waals surface area (Å²) in [6.45, 7) is 0. The number of nitriles is 1. The molecular formula is C14H7Cl4N. The number of hydrogen-bond acceptors (Lipinski definition) is 1. The van der Waals surface area contributed by atoms with Crippen LogP contribution in [0.2, 0.25) is 20.1 Å². The summed E-state index contributed by atoms with van der Waals surface area (Å²) < 4.78 is 0. The van der Waals surface area contributed by atoms with Gasteiger partial charge in [0.15, 0.2) is 0 Å². The van der Waals surface area contributed by atoms with Crippen LogP contribution in [0, 0.1) is 11.3 Å². The highest BCUT2D eigenvalue weighted by atomic mass is 35.5. The van der Waals surface area contributed by atoms with Gasteiger partial charge in [-0.1, -0.05) is 58.5 Å². The molecule has 0 radical (unpaired) electrons. The topological polar surface area (TPSA) is 23.8 Å². The molecule has 0 unspecified atom stereocenters. The molecule has 0 heterocycles. The van der Waals surface area contributed by atoms with Crippen LogP contribution in [0.1, 0.15) is 5.56 Å². The number of nitrogens with zero attached hydrogens (tertiary/aromatic N) is 1. The minimum atomic E-state index is 0.185. The summed E-state index contributed by atoms with van der Waals surface area (Å²) in [6, 6.07) is 10.7. The van der Waals surface area contributed by atoms with E-state index in [1.165, 1.54) is 0 Å². The van der Waals surface area contributed by atoms with E-state index in [0.29, 0.717) is 31.2 Å². The fourth-order valence-electron chi connectivity index (χ4n) is 1.85. The van der Waals surface area contributed by atoms with Gasteiger partial charge in [-0.15, -0.1) is 0 Å². The van der Waals surface area contributed by atoms with Crippen LogP contribution in [0.15, 0.2) is 30.3 Å². The third-order valence-corrected chi connectivity index (χ3v) is 3.82. The van der Waals surface area contributed by atoms with Crippen LogP contribution in [0.3, 0.4) is 0 Å². The molecule has 0 saturated carbocycles. The largest absolute Gasteiger partial charge is 0.198 e. The Kier molecular flexibility index (Phi) is 4.60. The van der Waals surface area contributed by atoms with Crippen molar-refractivity contribution in [2.24, 2.45) is 0 Å². The van der Waals surface area contributed by atoms with Gasteiger partial charge in [0.2, 0.25) is 0 Å². The Morgan fingerprint density at radius 2 is 1.58 bits per heavy atom. The molecule has 0 fully saturated rings. The maximum Gasteiger partial charge on any atom is 0.0670 e. The van der Waals surface area contributed by atoms with Crippen molar-refractivity contribution in [2.75, 3.05) is 0 Å². The summed E-state index contributed by atoms with van der Waals surface area (Å²) in [5, 5.41) is 10.7. The molecule has 0 N–H and O–H groups in total. The van der Waals surface area contributed by atoms with Crippen LogP contribution in [-0.4, -0.2) is 0 Å². The second-order valence-corrected chi connectivity index (χ2v) is 5.50. The summed E-state index contributed by atoms with van der Waals surface area (Å²) in [4.78, 5) is 0. The van der Waals surface area contributed by atoms with Crippen LogP contribution < -0.4 is 0 Å². The minimum absolute atomic E-state index is 0.185. The molecule has 0 spiro atoms. The summed E-state index contributed by atoms with van der Waals surface area (Å²) >= 11 is 24.4. The number of rotatable bonds is 2. The molecule has 2 rings (SSSR count). The molecule has 0 aliphatic heterocycles. The van der Waals surface area contributed by atoms with E-state index in [4.69, 9.17) is 51.7 Å². The average Bonchev–Trinajstić information content (AvgIpc) is 2.32. The molecule has 96 valence electrons. The van der Waals surface area contributed by atoms with Gasteiger partial charge >= 0.3 is 0 Å². The molecule has 0 atom stereocenters. The van der Waals surface area contributed by atoms with Crippen molar-refractivity contribution >= 4 is 46.4 Å². The highest BCUT2D eigenvalue weighted by Gasteiger charge is 2.15. The summed E-state index contributed by atoms with van der Waals surface area (Å²) in [7, 11) is 0. The van der Waals surface area contributed by atoms with Crippen molar-refractivity contribution in [2.45, 2.75) is 6.42 Å². The fourth-order valence-corrected chi connectivity index (χ4v) is 3.11. The zero-order chi connectivity index (χ0) is 14.0. The van der Waals surface area contributed by atoms with E-state index in [2.05, 4.69) is 6.07 Å². The Morgan fingerprint density at radius 1 is 0.947 bits per heavy atom. The van der Waals surface area contributed by atoms with Gasteiger partial charge in [-0.05, 0) is 29.3 Å². The van der Waals surface area contributed by atoms with E-state index in [9.17, 15) is 0 Å². The van der Waals surface area contributed by atoms with Gasteiger partial charge < -0.3 is 0 Å². The quantitative estimate of drug-likeness (QED) is 0.659. The third kappa shape index (κ3) is 2.99. The van der Waals surface area contributed by atoms with Gasteiger partial charge in [0.05, 0.1) is 22.5 Å². The predicted molar refractivity (Wildman–Crippen MR) is 81.2 cm³/mol. The molecule has 0 bridgehead atoms. The highest BCUT2D eigenvalue weighted by Crippen LogP contribution is 2.40. The predicted octanol–water partition coefficient (Wildman–Crippen LogP) is 6.03. The standard InChI is InChI=1S/C14H7Cl4N/c15-8-6-12(17)14(13(18)7-8)10-2-1-3-11(16)9(10)4-5-19/h1-3,6-7H,4H2. The lowest BCUT2D eigenvalue weighted by Crippen LogP contribution is -1.92. The Bertz CT molecular complexity index is 651. The molecule has 19 heavy (non-hydrogen) atoms. The van der Waals surface area contributed by atoms with E-state index in [1.807, 2.05) is 6.07 Å². The van der Waals surface area contributed by atoms with Crippen molar-refractivity contribution in [1.29, 1.82) is 5.26 Å². The smallest absolute Gasteiger partial charge is 0.0670 e. The highest BCUT2D eigenvalue weighted by molar-refractivity contribution is 6.42. The van der Waals surface area contributed by atoms with E-state index in [1.54, 1.807) is 24.3 Å². The third-order valence-electron chi connectivity index (χ3n) is 2.65. The van der Waals surface area contributed by atoms with Gasteiger partial charge in [0.1, 0.15) is 0 Å². The average molecular weight is 331 g/mol. The lowest BCUT2D eigenvalue weighted by Gasteiger charge is -2.13. The first-order valence-electron chi connectivity index (χ1n) is 5.34. The molecule has 0 saturated heterocycles. The lowest BCUT2D eigenvalue weighted by atomic mass is 9.98. The van der Waals surface area contributed by atoms with Crippen LogP contribution in [0.5, 0.6) is 0 Å². The van der Waals surface area contributed by atoms with E-state index in [-0.39, 0.29) is 6.42 Å². The summed E-state index contributed by atoms with van der Waals surface area (Å²) in [5.41, 5.74) is 2.10. The van der Waals surface area contributed by atoms with E-state index >= 15 is 0 Å². The van der Waals surface area contributed by atoms with Gasteiger partial charge in [-0.3, -0.25) is 0 Å². The first kappa shape index (κ1) is 14.5. The molecule has 0 aromatic heterocycles. The van der Waals surface area contributed by atoms with Crippen LogP contribution in [0.4, 0.5) is 0 Å². The Morgan fingerprint density at radius 3 is 2.16 bits per heavy atom. The van der Waals surface area contributed by atoms with Crippen molar-refractivity contribution in [3.8, 4) is 17.2 Å². The SMILES string of the molecule is N#CCc1c(Cl)cccc1-c1c(Cl)cc(Cl)cc1Cl. The molecule has 0 aliphatic rings.